The van der Waals surface area contributed by atoms with E-state index in [0.29, 0.717) is 36.9 Å². The smallest absolute Gasteiger partial charge is 0.266 e. The maximum atomic E-state index is 13.2. The second-order valence-electron chi connectivity index (χ2n) is 8.63. The van der Waals surface area contributed by atoms with E-state index < -0.39 is 11.8 Å². The molecule has 2 aliphatic heterocycles. The van der Waals surface area contributed by atoms with Crippen LogP contribution in [0, 0.1) is 0 Å². The van der Waals surface area contributed by atoms with Gasteiger partial charge in [-0.3, -0.25) is 19.3 Å². The summed E-state index contributed by atoms with van der Waals surface area (Å²) in [6.45, 7) is 2.99. The number of morpholine rings is 1. The number of furan rings is 1. The van der Waals surface area contributed by atoms with Gasteiger partial charge in [-0.25, -0.2) is 4.90 Å². The number of hydrogen-bond donors (Lipinski definition) is 1. The number of hydrogen-bond acceptors (Lipinski definition) is 8. The molecule has 1 aromatic heterocycles. The van der Waals surface area contributed by atoms with Crippen LogP contribution in [-0.2, 0) is 4.74 Å². The normalized spacial score (nSPS) is 16.4. The van der Waals surface area contributed by atoms with Crippen LogP contribution in [0.1, 0.15) is 42.9 Å². The van der Waals surface area contributed by atoms with E-state index in [1.54, 1.807) is 30.5 Å². The van der Waals surface area contributed by atoms with E-state index in [1.165, 1.54) is 26.4 Å². The summed E-state index contributed by atoms with van der Waals surface area (Å²) in [5.41, 5.74) is 1.04. The molecule has 3 aromatic rings. The molecule has 3 amide bonds. The molecule has 0 bridgehead atoms. The molecule has 2 aliphatic rings. The standard InChI is InChI=1S/C27H27N3O7/c1-34-23-8-6-18(15-24(23)35-2)30-26(32)19-7-5-17(14-20(19)27(30)33)25(31)28-16-21(22-4-3-11-37-22)29-9-12-36-13-10-29/h3-8,11,14-15,21H,9-10,12-13,16H2,1-2H3,(H,28,31)/t21-/m0/s1. The van der Waals surface area contributed by atoms with Crippen molar-refractivity contribution in [3.63, 3.8) is 0 Å². The molecular weight excluding hydrogens is 478 g/mol. The molecule has 1 N–H and O–H groups in total. The van der Waals surface area contributed by atoms with Crippen LogP contribution in [0.5, 0.6) is 11.5 Å². The Labute approximate surface area is 213 Å². The number of benzene rings is 2. The number of amides is 3. The number of nitrogens with zero attached hydrogens (tertiary/aromatic N) is 2. The molecule has 1 atom stereocenters. The molecule has 0 radical (unpaired) electrons. The van der Waals surface area contributed by atoms with Crippen molar-refractivity contribution in [1.82, 2.24) is 10.2 Å². The zero-order valence-electron chi connectivity index (χ0n) is 20.6. The molecule has 0 aliphatic carbocycles. The summed E-state index contributed by atoms with van der Waals surface area (Å²) < 4.78 is 21.6. The van der Waals surface area contributed by atoms with Crippen molar-refractivity contribution in [1.29, 1.82) is 0 Å². The van der Waals surface area contributed by atoms with Crippen LogP contribution in [-0.4, -0.2) is 69.7 Å². The number of imide groups is 1. The van der Waals surface area contributed by atoms with Crippen molar-refractivity contribution < 1.29 is 33.0 Å². The van der Waals surface area contributed by atoms with Gasteiger partial charge in [-0.1, -0.05) is 0 Å². The summed E-state index contributed by atoms with van der Waals surface area (Å²) in [7, 11) is 2.98. The SMILES string of the molecule is COc1ccc(N2C(=O)c3ccc(C(=O)NC[C@@H](c4ccco4)N4CCOCC4)cc3C2=O)cc1OC. The minimum atomic E-state index is -0.511. The Morgan fingerprint density at radius 3 is 2.43 bits per heavy atom. The molecule has 192 valence electrons. The van der Waals surface area contributed by atoms with Crippen LogP contribution in [0.2, 0.25) is 0 Å². The first-order chi connectivity index (χ1) is 18.0. The van der Waals surface area contributed by atoms with Gasteiger partial charge < -0.3 is 23.9 Å². The lowest BCUT2D eigenvalue weighted by Gasteiger charge is -2.33. The van der Waals surface area contributed by atoms with Gasteiger partial charge in [0, 0.05) is 31.3 Å². The number of carbonyl (C=O) groups excluding carboxylic acids is 3. The van der Waals surface area contributed by atoms with Crippen molar-refractivity contribution in [2.45, 2.75) is 6.04 Å². The zero-order chi connectivity index (χ0) is 25.9. The Morgan fingerprint density at radius 1 is 0.973 bits per heavy atom. The van der Waals surface area contributed by atoms with Gasteiger partial charge in [0.05, 0.1) is 56.6 Å². The Morgan fingerprint density at radius 2 is 1.73 bits per heavy atom. The van der Waals surface area contributed by atoms with E-state index in [2.05, 4.69) is 10.2 Å². The predicted molar refractivity (Wildman–Crippen MR) is 133 cm³/mol. The Kier molecular flexibility index (Phi) is 6.93. The van der Waals surface area contributed by atoms with Crippen LogP contribution >= 0.6 is 0 Å². The number of anilines is 1. The molecule has 5 rings (SSSR count). The Hall–Kier alpha value is -4.15. The second-order valence-corrected chi connectivity index (χ2v) is 8.63. The van der Waals surface area contributed by atoms with Crippen molar-refractivity contribution >= 4 is 23.4 Å². The van der Waals surface area contributed by atoms with Gasteiger partial charge in [-0.2, -0.15) is 0 Å². The molecule has 10 nitrogen and oxygen atoms in total. The van der Waals surface area contributed by atoms with Crippen LogP contribution in [0.3, 0.4) is 0 Å². The average Bonchev–Trinajstić information content (AvgIpc) is 3.55. The Balaban J connectivity index is 1.34. The van der Waals surface area contributed by atoms with Crippen LogP contribution in [0.25, 0.3) is 0 Å². The molecule has 0 spiro atoms. The minimum absolute atomic E-state index is 0.152. The first kappa shape index (κ1) is 24.5. The fourth-order valence-corrected chi connectivity index (χ4v) is 4.65. The first-order valence-electron chi connectivity index (χ1n) is 11.9. The molecular formula is C27H27N3O7. The molecule has 37 heavy (non-hydrogen) atoms. The highest BCUT2D eigenvalue weighted by atomic mass is 16.5. The van der Waals surface area contributed by atoms with Crippen molar-refractivity contribution in [3.05, 3.63) is 77.2 Å². The number of methoxy groups -OCH3 is 2. The average molecular weight is 506 g/mol. The lowest BCUT2D eigenvalue weighted by molar-refractivity contribution is 0.0118. The third kappa shape index (κ3) is 4.68. The molecule has 2 aromatic carbocycles. The molecule has 0 saturated carbocycles. The van der Waals surface area contributed by atoms with Crippen molar-refractivity contribution in [2.75, 3.05) is 52.0 Å². The quantitative estimate of drug-likeness (QED) is 0.466. The number of fused-ring (bicyclic) bond motifs is 1. The minimum Gasteiger partial charge on any atom is -0.493 e. The van der Waals surface area contributed by atoms with Gasteiger partial charge in [0.1, 0.15) is 5.76 Å². The van der Waals surface area contributed by atoms with Gasteiger partial charge in [-0.05, 0) is 42.5 Å². The van der Waals surface area contributed by atoms with E-state index in [9.17, 15) is 14.4 Å². The van der Waals surface area contributed by atoms with Gasteiger partial charge in [0.2, 0.25) is 0 Å². The van der Waals surface area contributed by atoms with Gasteiger partial charge in [-0.15, -0.1) is 0 Å². The number of rotatable bonds is 8. The maximum Gasteiger partial charge on any atom is 0.266 e. The van der Waals surface area contributed by atoms with Gasteiger partial charge in [0.25, 0.3) is 17.7 Å². The number of nitrogens with one attached hydrogen (secondary N) is 1. The third-order valence-corrected chi connectivity index (χ3v) is 6.59. The van der Waals surface area contributed by atoms with Crippen LogP contribution in [0.15, 0.2) is 59.2 Å². The number of carbonyl (C=O) groups is 3. The monoisotopic (exact) mass is 505 g/mol. The zero-order valence-corrected chi connectivity index (χ0v) is 20.6. The third-order valence-electron chi connectivity index (χ3n) is 6.59. The first-order valence-corrected chi connectivity index (χ1v) is 11.9. The molecule has 10 heteroatoms. The molecule has 3 heterocycles. The summed E-state index contributed by atoms with van der Waals surface area (Å²) >= 11 is 0. The highest BCUT2D eigenvalue weighted by Crippen LogP contribution is 2.35. The van der Waals surface area contributed by atoms with Crippen molar-refractivity contribution in [2.24, 2.45) is 0 Å². The number of ether oxygens (including phenoxy) is 3. The fourth-order valence-electron chi connectivity index (χ4n) is 4.65. The van der Waals surface area contributed by atoms with Crippen molar-refractivity contribution in [3.8, 4) is 11.5 Å². The topological polar surface area (TPSA) is 111 Å². The van der Waals surface area contributed by atoms with E-state index in [4.69, 9.17) is 18.6 Å². The summed E-state index contributed by atoms with van der Waals surface area (Å²) in [4.78, 5) is 42.6. The molecule has 1 saturated heterocycles. The predicted octanol–water partition coefficient (Wildman–Crippen LogP) is 2.90. The lowest BCUT2D eigenvalue weighted by Crippen LogP contribution is -2.43. The molecule has 1 fully saturated rings. The maximum absolute atomic E-state index is 13.2. The van der Waals surface area contributed by atoms with E-state index in [-0.39, 0.29) is 28.6 Å². The highest BCUT2D eigenvalue weighted by Gasteiger charge is 2.37. The lowest BCUT2D eigenvalue weighted by atomic mass is 10.0. The summed E-state index contributed by atoms with van der Waals surface area (Å²) in [5, 5.41) is 2.95. The van der Waals surface area contributed by atoms with Crippen LogP contribution < -0.4 is 19.7 Å². The fraction of sp³-hybridized carbons (Fsp3) is 0.296. The van der Waals surface area contributed by atoms with E-state index >= 15 is 0 Å². The van der Waals surface area contributed by atoms with Gasteiger partial charge >= 0.3 is 0 Å². The van der Waals surface area contributed by atoms with E-state index in [1.807, 2.05) is 12.1 Å². The summed E-state index contributed by atoms with van der Waals surface area (Å²) in [6.07, 6.45) is 1.61. The van der Waals surface area contributed by atoms with Gasteiger partial charge in [0.15, 0.2) is 11.5 Å². The molecule has 0 unspecified atom stereocenters. The second kappa shape index (κ2) is 10.5. The summed E-state index contributed by atoms with van der Waals surface area (Å²) in [6, 6.07) is 12.9. The highest BCUT2D eigenvalue weighted by molar-refractivity contribution is 6.34. The Bertz CT molecular complexity index is 1320. The summed E-state index contributed by atoms with van der Waals surface area (Å²) in [5.74, 6) is 0.294. The van der Waals surface area contributed by atoms with E-state index in [0.717, 1.165) is 23.7 Å². The largest absolute Gasteiger partial charge is 0.493 e. The van der Waals surface area contributed by atoms with Crippen LogP contribution in [0.4, 0.5) is 5.69 Å².